The van der Waals surface area contributed by atoms with Crippen molar-refractivity contribution in [2.45, 2.75) is 19.3 Å². The van der Waals surface area contributed by atoms with Crippen molar-refractivity contribution in [2.75, 3.05) is 18.4 Å². The summed E-state index contributed by atoms with van der Waals surface area (Å²) in [7, 11) is 0. The molecular formula is C13H16BrN3O3. The second-order valence-electron chi connectivity index (χ2n) is 4.87. The van der Waals surface area contributed by atoms with Crippen LogP contribution in [0.1, 0.15) is 19.3 Å². The number of hydrogen-bond donors (Lipinski definition) is 2. The van der Waals surface area contributed by atoms with Crippen LogP contribution in [-0.2, 0) is 4.79 Å². The van der Waals surface area contributed by atoms with Crippen LogP contribution >= 0.6 is 15.9 Å². The zero-order valence-electron chi connectivity index (χ0n) is 10.9. The van der Waals surface area contributed by atoms with Gasteiger partial charge in [0.2, 0.25) is 5.91 Å². The average molecular weight is 342 g/mol. The number of anilines is 1. The molecule has 1 fully saturated rings. The molecule has 7 heteroatoms. The Morgan fingerprint density at radius 2 is 2.35 bits per heavy atom. The largest absolute Gasteiger partial charge is 0.326 e. The van der Waals surface area contributed by atoms with Gasteiger partial charge in [-0.15, -0.1) is 0 Å². The van der Waals surface area contributed by atoms with Crippen molar-refractivity contribution in [2.24, 2.45) is 5.92 Å². The van der Waals surface area contributed by atoms with E-state index in [1.807, 2.05) is 0 Å². The first-order chi connectivity index (χ1) is 9.56. The molecule has 6 nitrogen and oxygen atoms in total. The maximum Gasteiger partial charge on any atom is 0.285 e. The SMILES string of the molecule is O=C(CCC1CCNC1)Nc1ccc(Br)c([N+](=O)[O-])c1. The summed E-state index contributed by atoms with van der Waals surface area (Å²) >= 11 is 3.11. The molecule has 1 unspecified atom stereocenters. The number of nitrogens with one attached hydrogen (secondary N) is 2. The standard InChI is InChI=1S/C13H16BrN3O3/c14-11-3-2-10(7-12(11)17(19)20)16-13(18)4-1-9-5-6-15-8-9/h2-3,7,9,15H,1,4-6,8H2,(H,16,18). The molecule has 0 bridgehead atoms. The van der Waals surface area contributed by atoms with E-state index < -0.39 is 4.92 Å². The molecule has 1 aliphatic rings. The van der Waals surface area contributed by atoms with Gasteiger partial charge in [-0.05, 0) is 59.9 Å². The molecule has 1 aliphatic heterocycles. The maximum atomic E-state index is 11.8. The van der Waals surface area contributed by atoms with E-state index in [0.717, 1.165) is 25.9 Å². The monoisotopic (exact) mass is 341 g/mol. The van der Waals surface area contributed by atoms with Gasteiger partial charge in [0.25, 0.3) is 5.69 Å². The van der Waals surface area contributed by atoms with Crippen LogP contribution in [0.15, 0.2) is 22.7 Å². The van der Waals surface area contributed by atoms with E-state index in [1.54, 1.807) is 12.1 Å². The number of rotatable bonds is 5. The lowest BCUT2D eigenvalue weighted by Crippen LogP contribution is -2.15. The molecular weight excluding hydrogens is 326 g/mol. The van der Waals surface area contributed by atoms with Crippen LogP contribution in [0.3, 0.4) is 0 Å². The predicted molar refractivity (Wildman–Crippen MR) is 79.6 cm³/mol. The molecule has 0 saturated carbocycles. The molecule has 108 valence electrons. The highest BCUT2D eigenvalue weighted by molar-refractivity contribution is 9.10. The molecule has 1 heterocycles. The molecule has 1 saturated heterocycles. The minimum absolute atomic E-state index is 0.0530. The van der Waals surface area contributed by atoms with Crippen LogP contribution in [0.25, 0.3) is 0 Å². The topological polar surface area (TPSA) is 84.3 Å². The third kappa shape index (κ3) is 4.01. The Labute approximate surface area is 125 Å². The zero-order valence-corrected chi connectivity index (χ0v) is 12.5. The van der Waals surface area contributed by atoms with Gasteiger partial charge in [0, 0.05) is 18.2 Å². The van der Waals surface area contributed by atoms with Gasteiger partial charge >= 0.3 is 0 Å². The minimum atomic E-state index is -0.482. The Bertz CT molecular complexity index is 516. The predicted octanol–water partition coefficient (Wildman–Crippen LogP) is 2.69. The van der Waals surface area contributed by atoms with Gasteiger partial charge in [0.05, 0.1) is 9.40 Å². The summed E-state index contributed by atoms with van der Waals surface area (Å²) in [6.07, 6.45) is 2.39. The number of halogens is 1. The van der Waals surface area contributed by atoms with Crippen molar-refractivity contribution in [1.29, 1.82) is 0 Å². The number of carbonyl (C=O) groups is 1. The third-order valence-electron chi connectivity index (χ3n) is 3.37. The minimum Gasteiger partial charge on any atom is -0.326 e. The van der Waals surface area contributed by atoms with Crippen LogP contribution in [0, 0.1) is 16.0 Å². The Kier molecular flexibility index (Phi) is 5.08. The van der Waals surface area contributed by atoms with Crippen molar-refractivity contribution < 1.29 is 9.72 Å². The van der Waals surface area contributed by atoms with Gasteiger partial charge < -0.3 is 10.6 Å². The molecule has 0 aliphatic carbocycles. The van der Waals surface area contributed by atoms with Crippen molar-refractivity contribution in [3.8, 4) is 0 Å². The highest BCUT2D eigenvalue weighted by Gasteiger charge is 2.17. The van der Waals surface area contributed by atoms with Crippen molar-refractivity contribution in [1.82, 2.24) is 5.32 Å². The maximum absolute atomic E-state index is 11.8. The van der Waals surface area contributed by atoms with Crippen molar-refractivity contribution >= 4 is 33.2 Å². The van der Waals surface area contributed by atoms with Crippen LogP contribution in [0.2, 0.25) is 0 Å². The second kappa shape index (κ2) is 6.81. The van der Waals surface area contributed by atoms with Gasteiger partial charge in [-0.3, -0.25) is 14.9 Å². The Morgan fingerprint density at radius 3 is 3.00 bits per heavy atom. The molecule has 0 radical (unpaired) electrons. The van der Waals surface area contributed by atoms with Crippen molar-refractivity contribution in [3.05, 3.63) is 32.8 Å². The lowest BCUT2D eigenvalue weighted by Gasteiger charge is -2.09. The highest BCUT2D eigenvalue weighted by Crippen LogP contribution is 2.28. The number of hydrogen-bond acceptors (Lipinski definition) is 4. The Morgan fingerprint density at radius 1 is 1.55 bits per heavy atom. The molecule has 0 spiro atoms. The molecule has 20 heavy (non-hydrogen) atoms. The van der Waals surface area contributed by atoms with E-state index in [2.05, 4.69) is 26.6 Å². The molecule has 2 N–H and O–H groups in total. The molecule has 1 aromatic carbocycles. The van der Waals surface area contributed by atoms with Crippen LogP contribution in [0.5, 0.6) is 0 Å². The summed E-state index contributed by atoms with van der Waals surface area (Å²) in [6, 6.07) is 4.57. The number of nitro benzene ring substituents is 1. The lowest BCUT2D eigenvalue weighted by atomic mass is 10.0. The Balaban J connectivity index is 1.90. The van der Waals surface area contributed by atoms with E-state index in [4.69, 9.17) is 0 Å². The molecule has 2 rings (SSSR count). The van der Waals surface area contributed by atoms with Gasteiger partial charge in [0.1, 0.15) is 0 Å². The molecule has 0 aromatic heterocycles. The number of benzene rings is 1. The summed E-state index contributed by atoms with van der Waals surface area (Å²) < 4.78 is 0.400. The first kappa shape index (κ1) is 14.9. The fourth-order valence-electron chi connectivity index (χ4n) is 2.25. The van der Waals surface area contributed by atoms with E-state index in [-0.39, 0.29) is 11.6 Å². The van der Waals surface area contributed by atoms with Gasteiger partial charge in [0.15, 0.2) is 0 Å². The smallest absolute Gasteiger partial charge is 0.285 e. The molecule has 1 atom stereocenters. The highest BCUT2D eigenvalue weighted by atomic mass is 79.9. The third-order valence-corrected chi connectivity index (χ3v) is 4.04. The number of nitrogens with zero attached hydrogens (tertiary/aromatic N) is 1. The van der Waals surface area contributed by atoms with Crippen LogP contribution in [-0.4, -0.2) is 23.9 Å². The second-order valence-corrected chi connectivity index (χ2v) is 5.72. The summed E-state index contributed by atoms with van der Waals surface area (Å²) in [5.74, 6) is 0.452. The van der Waals surface area contributed by atoms with Crippen LogP contribution < -0.4 is 10.6 Å². The van der Waals surface area contributed by atoms with E-state index in [9.17, 15) is 14.9 Å². The quantitative estimate of drug-likeness (QED) is 0.636. The number of carbonyl (C=O) groups excluding carboxylic acids is 1. The first-order valence-corrected chi connectivity index (χ1v) is 7.30. The van der Waals surface area contributed by atoms with Crippen LogP contribution in [0.4, 0.5) is 11.4 Å². The normalized spacial score (nSPS) is 17.9. The summed E-state index contributed by atoms with van der Waals surface area (Å²) in [5, 5.41) is 16.8. The fourth-order valence-corrected chi connectivity index (χ4v) is 2.64. The van der Waals surface area contributed by atoms with E-state index >= 15 is 0 Å². The lowest BCUT2D eigenvalue weighted by molar-refractivity contribution is -0.385. The van der Waals surface area contributed by atoms with Gasteiger partial charge in [-0.1, -0.05) is 0 Å². The fraction of sp³-hybridized carbons (Fsp3) is 0.462. The number of nitro groups is 1. The average Bonchev–Trinajstić information content (AvgIpc) is 2.91. The number of amides is 1. The first-order valence-electron chi connectivity index (χ1n) is 6.51. The summed E-state index contributed by atoms with van der Waals surface area (Å²) in [5.41, 5.74) is 0.400. The molecule has 1 amide bonds. The van der Waals surface area contributed by atoms with Gasteiger partial charge in [-0.25, -0.2) is 0 Å². The summed E-state index contributed by atoms with van der Waals surface area (Å²) in [6.45, 7) is 1.99. The Hall–Kier alpha value is -1.47. The zero-order chi connectivity index (χ0) is 14.5. The summed E-state index contributed by atoms with van der Waals surface area (Å²) in [4.78, 5) is 22.2. The van der Waals surface area contributed by atoms with E-state index in [1.165, 1.54) is 6.07 Å². The van der Waals surface area contributed by atoms with Gasteiger partial charge in [-0.2, -0.15) is 0 Å². The molecule has 1 aromatic rings. The van der Waals surface area contributed by atoms with E-state index in [0.29, 0.717) is 22.5 Å². The van der Waals surface area contributed by atoms with Crippen molar-refractivity contribution in [3.63, 3.8) is 0 Å².